The molecular weight excluding hydrogens is 376 g/mol. The summed E-state index contributed by atoms with van der Waals surface area (Å²) < 4.78 is 21.9. The van der Waals surface area contributed by atoms with Crippen LogP contribution >= 0.6 is 0 Å². The molecule has 0 spiro atoms. The van der Waals surface area contributed by atoms with Gasteiger partial charge in [-0.15, -0.1) is 0 Å². The third-order valence-electron chi connectivity index (χ3n) is 5.81. The highest BCUT2D eigenvalue weighted by molar-refractivity contribution is 5.91. The van der Waals surface area contributed by atoms with E-state index in [4.69, 9.17) is 18.9 Å². The van der Waals surface area contributed by atoms with Crippen molar-refractivity contribution in [2.45, 2.75) is 70.9 Å². The van der Waals surface area contributed by atoms with Gasteiger partial charge in [-0.3, -0.25) is 4.79 Å². The van der Waals surface area contributed by atoms with Gasteiger partial charge in [0.15, 0.2) is 5.60 Å². The van der Waals surface area contributed by atoms with Crippen molar-refractivity contribution in [2.75, 3.05) is 6.61 Å². The smallest absolute Gasteiger partial charge is 0.341 e. The first-order valence-corrected chi connectivity index (χ1v) is 9.89. The highest BCUT2D eigenvalue weighted by Gasteiger charge is 2.58. The molecule has 7 heteroatoms. The normalized spacial score (nSPS) is 37.9. The Hall–Kier alpha value is -2.41. The van der Waals surface area contributed by atoms with Crippen LogP contribution in [0.4, 0.5) is 0 Å². The molecule has 0 amide bonds. The highest BCUT2D eigenvalue weighted by atomic mass is 16.7. The zero-order valence-corrected chi connectivity index (χ0v) is 17.4. The molecule has 5 atom stereocenters. The maximum absolute atomic E-state index is 12.7. The van der Waals surface area contributed by atoms with Crippen LogP contribution < -0.4 is 0 Å². The summed E-state index contributed by atoms with van der Waals surface area (Å²) in [6, 6.07) is 0. The molecule has 3 aliphatic rings. The predicted octanol–water partition coefficient (Wildman–Crippen LogP) is 2.79. The number of hydrogen-bond donors (Lipinski definition) is 0. The van der Waals surface area contributed by atoms with Crippen LogP contribution in [-0.2, 0) is 33.3 Å². The van der Waals surface area contributed by atoms with E-state index in [2.05, 4.69) is 6.58 Å². The van der Waals surface area contributed by atoms with Crippen molar-refractivity contribution < 1.29 is 33.3 Å². The molecule has 0 saturated carbocycles. The van der Waals surface area contributed by atoms with E-state index in [0.717, 1.165) is 24.0 Å². The fourth-order valence-electron chi connectivity index (χ4n) is 3.75. The number of ether oxygens (including phenoxy) is 4. The van der Waals surface area contributed by atoms with Crippen molar-refractivity contribution in [2.24, 2.45) is 5.92 Å². The van der Waals surface area contributed by atoms with Crippen molar-refractivity contribution >= 4 is 17.9 Å². The van der Waals surface area contributed by atoms with Crippen LogP contribution in [0.15, 0.2) is 35.5 Å². The number of carbonyl (C=O) groups excluding carboxylic acids is 3. The monoisotopic (exact) mass is 404 g/mol. The Morgan fingerprint density at radius 2 is 2.07 bits per heavy atom. The van der Waals surface area contributed by atoms with Gasteiger partial charge in [-0.25, -0.2) is 9.59 Å². The predicted molar refractivity (Wildman–Crippen MR) is 104 cm³/mol. The van der Waals surface area contributed by atoms with Crippen LogP contribution in [0.2, 0.25) is 0 Å². The first-order chi connectivity index (χ1) is 13.6. The zero-order chi connectivity index (χ0) is 21.3. The number of esters is 3. The van der Waals surface area contributed by atoms with Gasteiger partial charge in [-0.2, -0.15) is 0 Å². The molecule has 3 rings (SSSR count). The Balaban J connectivity index is 1.91. The maximum Gasteiger partial charge on any atom is 0.341 e. The van der Waals surface area contributed by atoms with Crippen molar-refractivity contribution in [1.82, 2.24) is 0 Å². The average molecular weight is 404 g/mol. The quantitative estimate of drug-likeness (QED) is 0.234. The third kappa shape index (κ3) is 4.61. The number of allylic oxidation sites excluding steroid dienone is 2. The van der Waals surface area contributed by atoms with Crippen molar-refractivity contribution in [3.8, 4) is 0 Å². The molecular formula is C22H28O7. The summed E-state index contributed by atoms with van der Waals surface area (Å²) in [5.74, 6) is -1.87. The largest absolute Gasteiger partial charge is 0.461 e. The number of hydrogen-bond acceptors (Lipinski definition) is 7. The molecule has 0 aromatic rings. The van der Waals surface area contributed by atoms with E-state index in [9.17, 15) is 14.4 Å². The summed E-state index contributed by atoms with van der Waals surface area (Å²) in [6.07, 6.45) is 4.27. The average Bonchev–Trinajstić information content (AvgIpc) is 3.16. The molecule has 29 heavy (non-hydrogen) atoms. The Bertz CT molecular complexity index is 793. The molecule has 2 saturated heterocycles. The Morgan fingerprint density at radius 3 is 2.69 bits per heavy atom. The van der Waals surface area contributed by atoms with E-state index in [1.165, 1.54) is 6.92 Å². The van der Waals surface area contributed by atoms with Crippen LogP contribution in [0.1, 0.15) is 47.0 Å². The summed E-state index contributed by atoms with van der Waals surface area (Å²) >= 11 is 0. The lowest BCUT2D eigenvalue weighted by Crippen LogP contribution is -2.38. The SMILES string of the molecule is C=C1C(=O)O[C@@H]2/C=C(/C)CC/C=C(/COC(C)=O)C[C@@H](OC(=O)[C@]3(C)O[C@@H]3C)[C@@H]12. The fourth-order valence-corrected chi connectivity index (χ4v) is 3.75. The van der Waals surface area contributed by atoms with Gasteiger partial charge in [-0.1, -0.05) is 18.2 Å². The summed E-state index contributed by atoms with van der Waals surface area (Å²) in [5.41, 5.74) is 1.18. The van der Waals surface area contributed by atoms with Crippen LogP contribution in [0.25, 0.3) is 0 Å². The van der Waals surface area contributed by atoms with E-state index in [-0.39, 0.29) is 24.3 Å². The fraction of sp³-hybridized carbons (Fsp3) is 0.591. The Kier molecular flexibility index (Phi) is 5.98. The van der Waals surface area contributed by atoms with Crippen LogP contribution in [0.3, 0.4) is 0 Å². The van der Waals surface area contributed by atoms with Crippen molar-refractivity contribution in [1.29, 1.82) is 0 Å². The molecule has 158 valence electrons. The molecule has 7 nitrogen and oxygen atoms in total. The number of epoxide rings is 1. The van der Waals surface area contributed by atoms with Gasteiger partial charge in [0.25, 0.3) is 0 Å². The molecule has 0 N–H and O–H groups in total. The van der Waals surface area contributed by atoms with Gasteiger partial charge >= 0.3 is 17.9 Å². The minimum absolute atomic E-state index is 0.106. The van der Waals surface area contributed by atoms with E-state index in [1.54, 1.807) is 13.8 Å². The van der Waals surface area contributed by atoms with Gasteiger partial charge in [0, 0.05) is 18.9 Å². The molecule has 0 radical (unpaired) electrons. The zero-order valence-electron chi connectivity index (χ0n) is 17.4. The second-order valence-electron chi connectivity index (χ2n) is 8.13. The van der Waals surface area contributed by atoms with Crippen LogP contribution in [-0.4, -0.2) is 48.4 Å². The van der Waals surface area contributed by atoms with E-state index in [1.807, 2.05) is 19.1 Å². The summed E-state index contributed by atoms with van der Waals surface area (Å²) in [6.45, 7) is 10.8. The second-order valence-corrected chi connectivity index (χ2v) is 8.13. The number of fused-ring (bicyclic) bond motifs is 1. The Labute approximate surface area is 170 Å². The van der Waals surface area contributed by atoms with E-state index >= 15 is 0 Å². The molecule has 2 aliphatic heterocycles. The van der Waals surface area contributed by atoms with E-state index < -0.39 is 35.7 Å². The van der Waals surface area contributed by atoms with Crippen LogP contribution in [0.5, 0.6) is 0 Å². The number of rotatable bonds is 4. The standard InChI is InChI=1S/C22H28O7/c1-12-7-6-8-16(11-26-15(4)23)10-18(28-21(25)22(5)14(3)29-22)19-13(2)20(24)27-17(19)9-12/h8-9,14,17-19H,2,6-7,10-11H2,1,3-5H3/b12-9-,16-8+/t14-,17-,18-,19+,22-/m1/s1. The minimum atomic E-state index is -0.985. The van der Waals surface area contributed by atoms with Gasteiger partial charge < -0.3 is 18.9 Å². The minimum Gasteiger partial charge on any atom is -0.461 e. The van der Waals surface area contributed by atoms with Gasteiger partial charge in [0.05, 0.1) is 12.0 Å². The van der Waals surface area contributed by atoms with Crippen LogP contribution in [0, 0.1) is 5.92 Å². The number of carbonyl (C=O) groups is 3. The molecule has 2 fully saturated rings. The molecule has 0 bridgehead atoms. The molecule has 2 heterocycles. The lowest BCUT2D eigenvalue weighted by molar-refractivity contribution is -0.158. The molecule has 0 unspecified atom stereocenters. The third-order valence-corrected chi connectivity index (χ3v) is 5.81. The first kappa shape index (κ1) is 21.3. The second kappa shape index (κ2) is 8.14. The first-order valence-electron chi connectivity index (χ1n) is 9.89. The lowest BCUT2D eigenvalue weighted by atomic mass is 9.85. The van der Waals surface area contributed by atoms with E-state index in [0.29, 0.717) is 6.42 Å². The van der Waals surface area contributed by atoms with Crippen molar-refractivity contribution in [3.05, 3.63) is 35.5 Å². The van der Waals surface area contributed by atoms with Gasteiger partial charge in [0.2, 0.25) is 0 Å². The topological polar surface area (TPSA) is 91.4 Å². The highest BCUT2D eigenvalue weighted by Crippen LogP contribution is 2.40. The Morgan fingerprint density at radius 1 is 1.38 bits per heavy atom. The van der Waals surface area contributed by atoms with Crippen molar-refractivity contribution in [3.63, 3.8) is 0 Å². The summed E-state index contributed by atoms with van der Waals surface area (Å²) in [7, 11) is 0. The van der Waals surface area contributed by atoms with Gasteiger partial charge in [-0.05, 0) is 45.3 Å². The molecule has 0 aromatic heterocycles. The summed E-state index contributed by atoms with van der Waals surface area (Å²) in [4.78, 5) is 36.3. The lowest BCUT2D eigenvalue weighted by Gasteiger charge is -2.28. The maximum atomic E-state index is 12.7. The molecule has 1 aliphatic carbocycles. The van der Waals surface area contributed by atoms with Gasteiger partial charge in [0.1, 0.15) is 18.8 Å². The summed E-state index contributed by atoms with van der Waals surface area (Å²) in [5, 5.41) is 0. The molecule has 0 aromatic carbocycles.